The second-order valence-electron chi connectivity index (χ2n) is 6.82. The zero-order chi connectivity index (χ0) is 22.7. The molecule has 0 radical (unpaired) electrons. The summed E-state index contributed by atoms with van der Waals surface area (Å²) in [5, 5.41) is 0.943. The van der Waals surface area contributed by atoms with Gasteiger partial charge in [-0.05, 0) is 26.8 Å². The molecule has 1 aromatic carbocycles. The molecule has 4 rings (SSSR count). The zero-order valence-corrected chi connectivity index (χ0v) is 18.7. The predicted octanol–water partition coefficient (Wildman–Crippen LogP) is 2.55. The highest BCUT2D eigenvalue weighted by atomic mass is 16.2. The molecule has 0 fully saturated rings. The Bertz CT molecular complexity index is 1450. The van der Waals surface area contributed by atoms with E-state index in [0.717, 1.165) is 21.2 Å². The quantitative estimate of drug-likeness (QED) is 0.477. The van der Waals surface area contributed by atoms with Crippen LogP contribution in [0.25, 0.3) is 22.1 Å². The molecule has 0 aliphatic heterocycles. The van der Waals surface area contributed by atoms with Crippen LogP contribution in [0.1, 0.15) is 38.1 Å². The van der Waals surface area contributed by atoms with E-state index in [0.29, 0.717) is 29.4 Å². The fourth-order valence-electron chi connectivity index (χ4n) is 3.48. The van der Waals surface area contributed by atoms with Crippen molar-refractivity contribution in [3.63, 3.8) is 0 Å². The SMILES string of the molecule is CC.CC#CCn1c(C)nc2c1c(=O)n(Cc1nc(C)c3ccccc3n1)c(=O)n2C. The van der Waals surface area contributed by atoms with Crippen LogP contribution in [0.5, 0.6) is 0 Å². The van der Waals surface area contributed by atoms with Gasteiger partial charge in [-0.25, -0.2) is 19.7 Å². The van der Waals surface area contributed by atoms with Gasteiger partial charge in [0, 0.05) is 18.1 Å². The van der Waals surface area contributed by atoms with Gasteiger partial charge in [0.25, 0.3) is 5.56 Å². The number of hydrogen-bond donors (Lipinski definition) is 0. The van der Waals surface area contributed by atoms with Crippen LogP contribution in [0.3, 0.4) is 0 Å². The molecule has 0 atom stereocenters. The van der Waals surface area contributed by atoms with Crippen molar-refractivity contribution in [3.8, 4) is 11.8 Å². The molecule has 0 bridgehead atoms. The Morgan fingerprint density at radius 3 is 2.42 bits per heavy atom. The second kappa shape index (κ2) is 8.96. The molecule has 160 valence electrons. The Morgan fingerprint density at radius 2 is 1.71 bits per heavy atom. The first-order valence-electron chi connectivity index (χ1n) is 10.2. The summed E-state index contributed by atoms with van der Waals surface area (Å²) in [6.07, 6.45) is 0. The third-order valence-electron chi connectivity index (χ3n) is 4.98. The van der Waals surface area contributed by atoms with E-state index in [2.05, 4.69) is 26.8 Å². The van der Waals surface area contributed by atoms with Crippen molar-refractivity contribution < 1.29 is 0 Å². The molecule has 0 aliphatic rings. The van der Waals surface area contributed by atoms with Crippen LogP contribution in [-0.2, 0) is 20.1 Å². The molecule has 0 unspecified atom stereocenters. The number of aromatic nitrogens is 6. The minimum Gasteiger partial charge on any atom is -0.310 e. The number of imidazole rings is 1. The van der Waals surface area contributed by atoms with E-state index < -0.39 is 11.2 Å². The van der Waals surface area contributed by atoms with Crippen molar-refractivity contribution in [2.24, 2.45) is 7.05 Å². The van der Waals surface area contributed by atoms with E-state index >= 15 is 0 Å². The van der Waals surface area contributed by atoms with Gasteiger partial charge in [-0.3, -0.25) is 13.9 Å². The van der Waals surface area contributed by atoms with E-state index in [9.17, 15) is 9.59 Å². The van der Waals surface area contributed by atoms with Crippen molar-refractivity contribution in [1.29, 1.82) is 0 Å². The Balaban J connectivity index is 0.00000132. The van der Waals surface area contributed by atoms with E-state index in [4.69, 9.17) is 0 Å². The van der Waals surface area contributed by atoms with E-state index in [1.807, 2.05) is 45.0 Å². The molecule has 0 N–H and O–H groups in total. The van der Waals surface area contributed by atoms with Crippen LogP contribution >= 0.6 is 0 Å². The van der Waals surface area contributed by atoms with Gasteiger partial charge in [-0.1, -0.05) is 38.0 Å². The average molecular weight is 419 g/mol. The third-order valence-corrected chi connectivity index (χ3v) is 4.98. The van der Waals surface area contributed by atoms with Crippen molar-refractivity contribution >= 4 is 22.1 Å². The number of aryl methyl sites for hydroxylation is 3. The van der Waals surface area contributed by atoms with Crippen LogP contribution in [-0.4, -0.2) is 28.7 Å². The summed E-state index contributed by atoms with van der Waals surface area (Å²) in [4.78, 5) is 39.6. The average Bonchev–Trinajstić information content (AvgIpc) is 3.11. The maximum Gasteiger partial charge on any atom is 0.332 e. The fourth-order valence-corrected chi connectivity index (χ4v) is 3.48. The van der Waals surface area contributed by atoms with Crippen molar-refractivity contribution in [3.05, 3.63) is 62.4 Å². The lowest BCUT2D eigenvalue weighted by Gasteiger charge is -2.10. The lowest BCUT2D eigenvalue weighted by molar-refractivity contribution is 0.633. The molecule has 0 amide bonds. The normalized spacial score (nSPS) is 10.5. The molecule has 0 saturated heterocycles. The van der Waals surface area contributed by atoms with Gasteiger partial charge >= 0.3 is 5.69 Å². The predicted molar refractivity (Wildman–Crippen MR) is 122 cm³/mol. The van der Waals surface area contributed by atoms with Gasteiger partial charge in [-0.2, -0.15) is 0 Å². The topological polar surface area (TPSA) is 87.6 Å². The zero-order valence-electron chi connectivity index (χ0n) is 18.7. The molecule has 3 aromatic heterocycles. The monoisotopic (exact) mass is 418 g/mol. The molecule has 3 heterocycles. The van der Waals surface area contributed by atoms with E-state index in [1.165, 1.54) is 4.57 Å². The Morgan fingerprint density at radius 1 is 1.00 bits per heavy atom. The highest BCUT2D eigenvalue weighted by Crippen LogP contribution is 2.15. The Kier molecular flexibility index (Phi) is 6.35. The lowest BCUT2D eigenvalue weighted by Crippen LogP contribution is -2.40. The fraction of sp³-hybridized carbons (Fsp3) is 0.348. The maximum absolute atomic E-state index is 13.2. The van der Waals surface area contributed by atoms with Crippen LogP contribution in [0, 0.1) is 25.7 Å². The Labute approximate surface area is 180 Å². The summed E-state index contributed by atoms with van der Waals surface area (Å²) in [6.45, 7) is 9.73. The first-order valence-corrected chi connectivity index (χ1v) is 10.2. The first-order chi connectivity index (χ1) is 14.9. The molecule has 8 nitrogen and oxygen atoms in total. The molecule has 4 aromatic rings. The smallest absolute Gasteiger partial charge is 0.310 e. The maximum atomic E-state index is 13.2. The highest BCUT2D eigenvalue weighted by molar-refractivity contribution is 5.80. The van der Waals surface area contributed by atoms with Crippen LogP contribution in [0.2, 0.25) is 0 Å². The summed E-state index contributed by atoms with van der Waals surface area (Å²) < 4.78 is 4.27. The minimum atomic E-state index is -0.455. The Hall–Kier alpha value is -3.73. The summed E-state index contributed by atoms with van der Waals surface area (Å²) in [7, 11) is 1.61. The third kappa shape index (κ3) is 3.87. The molecule has 0 spiro atoms. The van der Waals surface area contributed by atoms with Gasteiger partial charge < -0.3 is 4.57 Å². The first kappa shape index (κ1) is 22.0. The number of fused-ring (bicyclic) bond motifs is 2. The van der Waals surface area contributed by atoms with Crippen LogP contribution in [0.4, 0.5) is 0 Å². The van der Waals surface area contributed by atoms with Crippen molar-refractivity contribution in [1.82, 2.24) is 28.7 Å². The molecule has 0 aliphatic carbocycles. The molecular weight excluding hydrogens is 392 g/mol. The largest absolute Gasteiger partial charge is 0.332 e. The van der Waals surface area contributed by atoms with Gasteiger partial charge in [0.05, 0.1) is 18.6 Å². The van der Waals surface area contributed by atoms with Gasteiger partial charge in [0.1, 0.15) is 11.6 Å². The molecule has 0 saturated carbocycles. The molecule has 31 heavy (non-hydrogen) atoms. The standard InChI is InChI=1S/C21H20N6O2.C2H6/c1-5-6-11-26-14(3)23-19-18(26)20(28)27(21(29)25(19)4)12-17-22-13(2)15-9-7-8-10-16(15)24-17;1-2/h7-10H,11-12H2,1-4H3;1-2H3. The van der Waals surface area contributed by atoms with Crippen molar-refractivity contribution in [2.45, 2.75) is 47.7 Å². The van der Waals surface area contributed by atoms with Crippen LogP contribution in [0.15, 0.2) is 33.9 Å². The summed E-state index contributed by atoms with van der Waals surface area (Å²) >= 11 is 0. The van der Waals surface area contributed by atoms with Crippen LogP contribution < -0.4 is 11.2 Å². The number of benzene rings is 1. The van der Waals surface area contributed by atoms with Crippen molar-refractivity contribution in [2.75, 3.05) is 0 Å². The minimum absolute atomic E-state index is 0.0171. The number of para-hydroxylation sites is 1. The molecular formula is C23H26N6O2. The molecule has 8 heteroatoms. The number of hydrogen-bond acceptors (Lipinski definition) is 5. The summed E-state index contributed by atoms with van der Waals surface area (Å²) in [6, 6.07) is 7.66. The summed E-state index contributed by atoms with van der Waals surface area (Å²) in [5.74, 6) is 6.82. The lowest BCUT2D eigenvalue weighted by atomic mass is 10.2. The number of nitrogens with zero attached hydrogens (tertiary/aromatic N) is 6. The second-order valence-corrected chi connectivity index (χ2v) is 6.82. The highest BCUT2D eigenvalue weighted by Gasteiger charge is 2.19. The van der Waals surface area contributed by atoms with E-state index in [-0.39, 0.29) is 6.54 Å². The van der Waals surface area contributed by atoms with Gasteiger partial charge in [-0.15, -0.1) is 5.92 Å². The summed E-state index contributed by atoms with van der Waals surface area (Å²) in [5.41, 5.74) is 1.40. The van der Waals surface area contributed by atoms with Gasteiger partial charge in [0.15, 0.2) is 11.2 Å². The number of rotatable bonds is 3. The van der Waals surface area contributed by atoms with Gasteiger partial charge in [0.2, 0.25) is 0 Å². The van der Waals surface area contributed by atoms with E-state index in [1.54, 1.807) is 25.5 Å².